The van der Waals surface area contributed by atoms with Gasteiger partial charge < -0.3 is 5.11 Å². The summed E-state index contributed by atoms with van der Waals surface area (Å²) in [5.74, 6) is -4.85. The van der Waals surface area contributed by atoms with Gasteiger partial charge in [-0.15, -0.1) is 0 Å². The first-order chi connectivity index (χ1) is 17.4. The zero-order valence-corrected chi connectivity index (χ0v) is 22.1. The Hall–Kier alpha value is -3.30. The molecule has 3 amide bonds. The highest BCUT2D eigenvalue weighted by Gasteiger charge is 2.72. The molecule has 6 rings (SSSR count). The molecule has 2 saturated heterocycles. The van der Waals surface area contributed by atoms with Crippen molar-refractivity contribution < 1.29 is 27.9 Å². The van der Waals surface area contributed by atoms with Gasteiger partial charge in [0.15, 0.2) is 5.60 Å². The Kier molecular flexibility index (Phi) is 5.91. The van der Waals surface area contributed by atoms with Crippen molar-refractivity contribution in [1.82, 2.24) is 9.21 Å². The Morgan fingerprint density at radius 3 is 2.19 bits per heavy atom. The van der Waals surface area contributed by atoms with E-state index in [4.69, 9.17) is 0 Å². The van der Waals surface area contributed by atoms with Gasteiger partial charge in [0, 0.05) is 0 Å². The maximum absolute atomic E-state index is 14.1. The first-order valence-electron chi connectivity index (χ1n) is 12.4. The molecule has 4 unspecified atom stereocenters. The van der Waals surface area contributed by atoms with Gasteiger partial charge in [-0.25, -0.2) is 12.7 Å². The van der Waals surface area contributed by atoms with E-state index in [9.17, 15) is 27.9 Å². The van der Waals surface area contributed by atoms with Crippen LogP contribution in [0.3, 0.4) is 0 Å². The van der Waals surface area contributed by atoms with Crippen LogP contribution < -0.4 is 0 Å². The first kappa shape index (κ1) is 25.4. The van der Waals surface area contributed by atoms with Crippen LogP contribution in [0.5, 0.6) is 0 Å². The largest absolute Gasteiger partial charge is 0.375 e. The Balaban J connectivity index is 1.65. The molecule has 0 saturated carbocycles. The minimum absolute atomic E-state index is 0.0193. The monoisotopic (exact) mass is 522 g/mol. The molecule has 2 bridgehead atoms. The van der Waals surface area contributed by atoms with Gasteiger partial charge in [-0.05, 0) is 49.5 Å². The second kappa shape index (κ2) is 8.63. The molecule has 0 aromatic heterocycles. The quantitative estimate of drug-likeness (QED) is 0.461. The lowest BCUT2D eigenvalue weighted by atomic mass is 9.63. The fourth-order valence-electron chi connectivity index (χ4n) is 6.36. The molecule has 4 aliphatic rings. The number of piperidine rings is 1. The number of benzene rings is 2. The number of hydrogen-bond donors (Lipinski definition) is 1. The van der Waals surface area contributed by atoms with E-state index in [0.29, 0.717) is 39.4 Å². The first-order valence-corrected chi connectivity index (χ1v) is 13.9. The number of nitrogens with zero attached hydrogens (tertiary/aromatic N) is 2. The van der Waals surface area contributed by atoms with Gasteiger partial charge in [-0.3, -0.25) is 19.3 Å². The summed E-state index contributed by atoms with van der Waals surface area (Å²) in [7, 11) is -4.46. The maximum Gasteiger partial charge on any atom is 0.274 e. The summed E-state index contributed by atoms with van der Waals surface area (Å²) >= 11 is 0. The smallest absolute Gasteiger partial charge is 0.274 e. The van der Waals surface area contributed by atoms with E-state index in [2.05, 4.69) is 0 Å². The Morgan fingerprint density at radius 2 is 1.59 bits per heavy atom. The molecule has 3 heterocycles. The normalized spacial score (nSPS) is 27.1. The van der Waals surface area contributed by atoms with Crippen molar-refractivity contribution in [3.05, 3.63) is 76.4 Å². The second-order valence-electron chi connectivity index (χ2n) is 10.3. The molecule has 2 aromatic rings. The summed E-state index contributed by atoms with van der Waals surface area (Å²) in [6.45, 7) is 7.00. The molecule has 0 spiro atoms. The van der Waals surface area contributed by atoms with E-state index in [0.717, 1.165) is 10.5 Å². The number of carbonyl (C=O) groups is 3. The number of aliphatic hydroxyl groups is 1. The number of amides is 3. The average Bonchev–Trinajstić information content (AvgIpc) is 3.07. The molecule has 194 valence electrons. The number of fused-ring (bicyclic) bond motifs is 1. The molecule has 0 radical (unpaired) electrons. The van der Waals surface area contributed by atoms with Gasteiger partial charge in [0.2, 0.25) is 11.8 Å². The van der Waals surface area contributed by atoms with E-state index in [-0.39, 0.29) is 11.4 Å². The fraction of sp³-hybridized carbons (Fsp3) is 0.393. The molecule has 1 aliphatic carbocycles. The lowest BCUT2D eigenvalue weighted by molar-refractivity contribution is -0.167. The van der Waals surface area contributed by atoms with Crippen molar-refractivity contribution in [2.75, 3.05) is 0 Å². The fourth-order valence-corrected chi connectivity index (χ4v) is 8.36. The second-order valence-corrected chi connectivity index (χ2v) is 12.0. The number of imide groups is 1. The lowest BCUT2D eigenvalue weighted by Crippen LogP contribution is -2.71. The summed E-state index contributed by atoms with van der Waals surface area (Å²) in [6, 6.07) is 11.2. The van der Waals surface area contributed by atoms with Crippen molar-refractivity contribution in [2.45, 2.75) is 63.6 Å². The summed E-state index contributed by atoms with van der Waals surface area (Å²) in [5.41, 5.74) is 0.411. The summed E-state index contributed by atoms with van der Waals surface area (Å²) in [4.78, 5) is 42.3. The molecule has 8 nitrogen and oxygen atoms in total. The van der Waals surface area contributed by atoms with Crippen molar-refractivity contribution >= 4 is 27.7 Å². The summed E-state index contributed by atoms with van der Waals surface area (Å²) in [5, 5.41) is 12.0. The Labute approximate surface area is 216 Å². The van der Waals surface area contributed by atoms with Crippen LogP contribution in [-0.4, -0.2) is 52.1 Å². The summed E-state index contributed by atoms with van der Waals surface area (Å²) < 4.78 is 28.8. The number of aryl methyl sites for hydroxylation is 3. The minimum atomic E-state index is -4.46. The van der Waals surface area contributed by atoms with Crippen molar-refractivity contribution in [3.63, 3.8) is 0 Å². The molecule has 1 N–H and O–H groups in total. The molecule has 37 heavy (non-hydrogen) atoms. The van der Waals surface area contributed by atoms with Gasteiger partial charge in [0.25, 0.3) is 15.9 Å². The van der Waals surface area contributed by atoms with Crippen molar-refractivity contribution in [1.29, 1.82) is 0 Å². The van der Waals surface area contributed by atoms with E-state index in [1.807, 2.05) is 19.9 Å². The van der Waals surface area contributed by atoms with E-state index in [1.54, 1.807) is 50.2 Å². The highest BCUT2D eigenvalue weighted by atomic mass is 32.2. The molecule has 2 fully saturated rings. The summed E-state index contributed by atoms with van der Waals surface area (Å²) in [6.07, 6.45) is 2.41. The van der Waals surface area contributed by atoms with Gasteiger partial charge >= 0.3 is 0 Å². The topological polar surface area (TPSA) is 112 Å². The number of carbonyl (C=O) groups excluding carboxylic acids is 3. The predicted molar refractivity (Wildman–Crippen MR) is 135 cm³/mol. The molecule has 4 atom stereocenters. The zero-order valence-electron chi connectivity index (χ0n) is 21.3. The number of sulfonamides is 1. The molecule has 9 heteroatoms. The van der Waals surface area contributed by atoms with Crippen LogP contribution in [0, 0.1) is 32.6 Å². The lowest BCUT2D eigenvalue weighted by Gasteiger charge is -2.52. The van der Waals surface area contributed by atoms with Crippen LogP contribution in [0.2, 0.25) is 0 Å². The van der Waals surface area contributed by atoms with Crippen molar-refractivity contribution in [2.24, 2.45) is 11.8 Å². The molecular weight excluding hydrogens is 492 g/mol. The Morgan fingerprint density at radius 1 is 0.973 bits per heavy atom. The van der Waals surface area contributed by atoms with E-state index >= 15 is 0 Å². The number of rotatable bonds is 6. The molecule has 2 aromatic carbocycles. The predicted octanol–water partition coefficient (Wildman–Crippen LogP) is 2.78. The van der Waals surface area contributed by atoms with Crippen molar-refractivity contribution in [3.8, 4) is 0 Å². The van der Waals surface area contributed by atoms with Crippen LogP contribution in [0.1, 0.15) is 42.0 Å². The highest BCUT2D eigenvalue weighted by Crippen LogP contribution is 2.53. The third-order valence-electron chi connectivity index (χ3n) is 7.74. The molecule has 3 aliphatic heterocycles. The number of hydrogen-bond acceptors (Lipinski definition) is 6. The van der Waals surface area contributed by atoms with Crippen LogP contribution in [0.25, 0.3) is 0 Å². The van der Waals surface area contributed by atoms with Gasteiger partial charge in [0.05, 0.1) is 29.3 Å². The Bertz CT molecular complexity index is 1440. The zero-order chi connectivity index (χ0) is 26.9. The van der Waals surface area contributed by atoms with Crippen LogP contribution >= 0.6 is 0 Å². The molecular formula is C28H30N2O6S. The van der Waals surface area contributed by atoms with E-state index in [1.165, 1.54) is 6.08 Å². The standard InChI is InChI=1S/C28H30N2O6S/c1-5-9-20-14-21-22-23(26(32)29(25(22)31)15-19-10-7-6-8-11-19)28(20,34)27(33)30(21)37(35,36)24-17(3)12-16(2)13-18(24)4/h6-8,10-14,21-23,34H,5,9,15H2,1-4H3. The SMILES string of the molecule is CCCC1=CC2C3C(=O)N(Cc4ccccc4)C(=O)C3C1(O)C(=O)N2S(=O)(=O)c1c(C)cc(C)cc1C. The number of likely N-dealkylation sites (tertiary alicyclic amines) is 1. The van der Waals surface area contributed by atoms with Gasteiger partial charge in [0.1, 0.15) is 0 Å². The van der Waals surface area contributed by atoms with E-state index < -0.39 is 51.2 Å². The van der Waals surface area contributed by atoms with Gasteiger partial charge in [-0.1, -0.05) is 67.4 Å². The minimum Gasteiger partial charge on any atom is -0.375 e. The average molecular weight is 523 g/mol. The van der Waals surface area contributed by atoms with Crippen LogP contribution in [0.4, 0.5) is 0 Å². The third-order valence-corrected chi connectivity index (χ3v) is 9.83. The third kappa shape index (κ3) is 3.51. The maximum atomic E-state index is 14.1. The van der Waals surface area contributed by atoms with Gasteiger partial charge in [-0.2, -0.15) is 0 Å². The van der Waals surface area contributed by atoms with Crippen LogP contribution in [0.15, 0.2) is 59.0 Å². The van der Waals surface area contributed by atoms with Crippen LogP contribution in [-0.2, 0) is 31.0 Å². The highest BCUT2D eigenvalue weighted by molar-refractivity contribution is 7.89.